The Kier molecular flexibility index (Phi) is 5.17. The highest BCUT2D eigenvalue weighted by Gasteiger charge is 2.22. The van der Waals surface area contributed by atoms with Crippen LogP contribution in [0.1, 0.15) is 11.1 Å². The zero-order valence-electron chi connectivity index (χ0n) is 10.7. The summed E-state index contributed by atoms with van der Waals surface area (Å²) in [5.74, 6) is -0.497. The van der Waals surface area contributed by atoms with Gasteiger partial charge in [0.05, 0.1) is 14.2 Å². The van der Waals surface area contributed by atoms with Crippen LogP contribution in [-0.4, -0.2) is 32.3 Å². The van der Waals surface area contributed by atoms with Crippen molar-refractivity contribution in [3.63, 3.8) is 0 Å². The lowest BCUT2D eigenvalue weighted by molar-refractivity contribution is -0.142. The van der Waals surface area contributed by atoms with Gasteiger partial charge in [0.25, 0.3) is 0 Å². The lowest BCUT2D eigenvalue weighted by atomic mass is 10.0. The van der Waals surface area contributed by atoms with Crippen molar-refractivity contribution in [2.24, 2.45) is 0 Å². The van der Waals surface area contributed by atoms with Crippen molar-refractivity contribution in [2.45, 2.75) is 19.4 Å². The highest BCUT2D eigenvalue weighted by atomic mass is 16.5. The van der Waals surface area contributed by atoms with Crippen molar-refractivity contribution in [1.29, 1.82) is 0 Å². The smallest absolute Gasteiger partial charge is 0.407 e. The van der Waals surface area contributed by atoms with Gasteiger partial charge in [0, 0.05) is 6.42 Å². The molecule has 0 fully saturated rings. The van der Waals surface area contributed by atoms with Gasteiger partial charge >= 0.3 is 12.1 Å². The Labute approximate surface area is 106 Å². The van der Waals surface area contributed by atoms with Gasteiger partial charge in [0.2, 0.25) is 0 Å². The molecular formula is C13H17NO4. The van der Waals surface area contributed by atoms with E-state index in [1.54, 1.807) is 0 Å². The molecule has 1 atom stereocenters. The second-order valence-electron chi connectivity index (χ2n) is 3.84. The summed E-state index contributed by atoms with van der Waals surface area (Å²) in [4.78, 5) is 22.8. The van der Waals surface area contributed by atoms with Crippen LogP contribution in [0.4, 0.5) is 4.79 Å². The summed E-state index contributed by atoms with van der Waals surface area (Å²) in [6.45, 7) is 1.95. The topological polar surface area (TPSA) is 64.6 Å². The number of hydrogen-bond acceptors (Lipinski definition) is 4. The van der Waals surface area contributed by atoms with Crippen LogP contribution in [0.3, 0.4) is 0 Å². The molecule has 0 saturated carbocycles. The van der Waals surface area contributed by atoms with E-state index in [-0.39, 0.29) is 0 Å². The van der Waals surface area contributed by atoms with Crippen molar-refractivity contribution < 1.29 is 19.1 Å². The highest BCUT2D eigenvalue weighted by molar-refractivity contribution is 5.81. The third-order valence-corrected chi connectivity index (χ3v) is 2.65. The Hall–Kier alpha value is -2.04. The Balaban J connectivity index is 2.82. The van der Waals surface area contributed by atoms with Gasteiger partial charge in [0.15, 0.2) is 0 Å². The van der Waals surface area contributed by atoms with Crippen LogP contribution < -0.4 is 5.32 Å². The fourth-order valence-electron chi connectivity index (χ4n) is 1.60. The number of amides is 1. The van der Waals surface area contributed by atoms with Crippen molar-refractivity contribution in [3.8, 4) is 0 Å². The van der Waals surface area contributed by atoms with Crippen LogP contribution in [0.2, 0.25) is 0 Å². The normalized spacial score (nSPS) is 11.5. The largest absolute Gasteiger partial charge is 0.467 e. The molecular weight excluding hydrogens is 234 g/mol. The first-order chi connectivity index (χ1) is 8.58. The molecule has 0 aliphatic carbocycles. The van der Waals surface area contributed by atoms with Crippen LogP contribution >= 0.6 is 0 Å². The maximum atomic E-state index is 11.6. The van der Waals surface area contributed by atoms with E-state index in [2.05, 4.69) is 14.8 Å². The second-order valence-corrected chi connectivity index (χ2v) is 3.84. The Bertz CT molecular complexity index is 431. The van der Waals surface area contributed by atoms with Crippen LogP contribution in [-0.2, 0) is 20.7 Å². The molecule has 1 rings (SSSR count). The summed E-state index contributed by atoms with van der Waals surface area (Å²) in [5, 5.41) is 2.46. The molecule has 0 aliphatic heterocycles. The summed E-state index contributed by atoms with van der Waals surface area (Å²) in [5.41, 5.74) is 2.03. The van der Waals surface area contributed by atoms with Crippen molar-refractivity contribution in [3.05, 3.63) is 35.4 Å². The number of benzene rings is 1. The van der Waals surface area contributed by atoms with E-state index in [1.165, 1.54) is 14.2 Å². The zero-order valence-corrected chi connectivity index (χ0v) is 10.7. The standard InChI is InChI=1S/C13H17NO4/c1-9-6-4-5-7-10(9)8-11(12(15)17-2)14-13(16)18-3/h4-7,11H,8H2,1-3H3,(H,14,16)/t11-/m1/s1. The van der Waals surface area contributed by atoms with Crippen molar-refractivity contribution >= 4 is 12.1 Å². The predicted octanol–water partition coefficient (Wildman–Crippen LogP) is 1.44. The monoisotopic (exact) mass is 251 g/mol. The maximum absolute atomic E-state index is 11.6. The molecule has 0 radical (unpaired) electrons. The number of aryl methyl sites for hydroxylation is 1. The summed E-state index contributed by atoms with van der Waals surface area (Å²) in [6.07, 6.45) is -0.284. The van der Waals surface area contributed by atoms with Crippen LogP contribution in [0.5, 0.6) is 0 Å². The van der Waals surface area contributed by atoms with Crippen molar-refractivity contribution in [2.75, 3.05) is 14.2 Å². The minimum absolute atomic E-state index is 0.369. The molecule has 0 saturated heterocycles. The summed E-state index contributed by atoms with van der Waals surface area (Å²) in [7, 11) is 2.53. The SMILES string of the molecule is COC(=O)N[C@H](Cc1ccccc1C)C(=O)OC. The molecule has 1 aromatic carbocycles. The quantitative estimate of drug-likeness (QED) is 0.822. The van der Waals surface area contributed by atoms with Gasteiger partial charge in [-0.1, -0.05) is 24.3 Å². The molecule has 5 nitrogen and oxygen atoms in total. The average Bonchev–Trinajstić information content (AvgIpc) is 2.39. The number of methoxy groups -OCH3 is 2. The Morgan fingerprint density at radius 1 is 1.22 bits per heavy atom. The molecule has 0 spiro atoms. The van der Waals surface area contributed by atoms with E-state index in [0.29, 0.717) is 6.42 Å². The molecule has 0 heterocycles. The van der Waals surface area contributed by atoms with Gasteiger partial charge in [-0.05, 0) is 18.1 Å². The second kappa shape index (κ2) is 6.64. The molecule has 5 heteroatoms. The molecule has 98 valence electrons. The molecule has 0 aromatic heterocycles. The van der Waals surface area contributed by atoms with E-state index < -0.39 is 18.1 Å². The van der Waals surface area contributed by atoms with E-state index in [0.717, 1.165) is 11.1 Å². The van der Waals surface area contributed by atoms with Crippen LogP contribution in [0.15, 0.2) is 24.3 Å². The average molecular weight is 251 g/mol. The Morgan fingerprint density at radius 3 is 2.44 bits per heavy atom. The molecule has 18 heavy (non-hydrogen) atoms. The summed E-state index contributed by atoms with van der Waals surface area (Å²) in [6, 6.07) is 6.91. The number of carbonyl (C=O) groups is 2. The van der Waals surface area contributed by atoms with Gasteiger partial charge < -0.3 is 14.8 Å². The number of carbonyl (C=O) groups excluding carboxylic acids is 2. The number of nitrogens with one attached hydrogen (secondary N) is 1. The number of ether oxygens (including phenoxy) is 2. The lowest BCUT2D eigenvalue weighted by Gasteiger charge is -2.16. The molecule has 1 N–H and O–H groups in total. The minimum Gasteiger partial charge on any atom is -0.467 e. The molecule has 1 amide bonds. The van der Waals surface area contributed by atoms with E-state index in [4.69, 9.17) is 0 Å². The molecule has 0 unspecified atom stereocenters. The number of esters is 1. The first-order valence-electron chi connectivity index (χ1n) is 5.55. The Morgan fingerprint density at radius 2 is 1.89 bits per heavy atom. The number of hydrogen-bond donors (Lipinski definition) is 1. The number of rotatable bonds is 4. The minimum atomic E-state index is -0.747. The van der Waals surface area contributed by atoms with Gasteiger partial charge in [-0.25, -0.2) is 9.59 Å². The molecule has 0 aliphatic rings. The molecule has 0 bridgehead atoms. The van der Waals surface area contributed by atoms with E-state index >= 15 is 0 Å². The third kappa shape index (κ3) is 3.76. The summed E-state index contributed by atoms with van der Waals surface area (Å²) >= 11 is 0. The maximum Gasteiger partial charge on any atom is 0.407 e. The predicted molar refractivity (Wildman–Crippen MR) is 66.2 cm³/mol. The van der Waals surface area contributed by atoms with Crippen LogP contribution in [0, 0.1) is 6.92 Å². The zero-order chi connectivity index (χ0) is 13.5. The van der Waals surface area contributed by atoms with Gasteiger partial charge in [-0.2, -0.15) is 0 Å². The van der Waals surface area contributed by atoms with E-state index in [1.807, 2.05) is 31.2 Å². The first kappa shape index (κ1) is 14.0. The number of alkyl carbamates (subject to hydrolysis) is 1. The fourth-order valence-corrected chi connectivity index (χ4v) is 1.60. The lowest BCUT2D eigenvalue weighted by Crippen LogP contribution is -2.43. The highest BCUT2D eigenvalue weighted by Crippen LogP contribution is 2.10. The van der Waals surface area contributed by atoms with Crippen molar-refractivity contribution in [1.82, 2.24) is 5.32 Å². The summed E-state index contributed by atoms with van der Waals surface area (Å²) < 4.78 is 9.15. The third-order valence-electron chi connectivity index (χ3n) is 2.65. The van der Waals surface area contributed by atoms with Gasteiger partial charge in [0.1, 0.15) is 6.04 Å². The molecule has 1 aromatic rings. The van der Waals surface area contributed by atoms with Gasteiger partial charge in [-0.3, -0.25) is 0 Å². The van der Waals surface area contributed by atoms with E-state index in [9.17, 15) is 9.59 Å². The van der Waals surface area contributed by atoms with Gasteiger partial charge in [-0.15, -0.1) is 0 Å². The van der Waals surface area contributed by atoms with Crippen LogP contribution in [0.25, 0.3) is 0 Å². The first-order valence-corrected chi connectivity index (χ1v) is 5.55. The fraction of sp³-hybridized carbons (Fsp3) is 0.385.